The third kappa shape index (κ3) is 2.25. The van der Waals surface area contributed by atoms with E-state index in [4.69, 9.17) is 0 Å². The van der Waals surface area contributed by atoms with Crippen molar-refractivity contribution >= 4 is 21.8 Å². The van der Waals surface area contributed by atoms with E-state index in [1.165, 1.54) is 37.7 Å². The number of halogens is 1. The lowest BCUT2D eigenvalue weighted by atomic mass is 9.79. The van der Waals surface area contributed by atoms with Crippen LogP contribution in [0.1, 0.15) is 48.0 Å². The molecule has 0 spiro atoms. The van der Waals surface area contributed by atoms with Crippen LogP contribution < -0.4 is 5.32 Å². The minimum absolute atomic E-state index is 0.0916. The van der Waals surface area contributed by atoms with Crippen LogP contribution in [0.25, 0.3) is 0 Å². The molecule has 0 saturated heterocycles. The summed E-state index contributed by atoms with van der Waals surface area (Å²) in [5.74, 6) is 3.60. The third-order valence-electron chi connectivity index (χ3n) is 6.11. The zero-order valence-electron chi connectivity index (χ0n) is 12.4. The Labute approximate surface area is 134 Å². The van der Waals surface area contributed by atoms with E-state index in [0.717, 1.165) is 33.7 Å². The quantitative estimate of drug-likeness (QED) is 0.848. The Morgan fingerprint density at radius 3 is 2.81 bits per heavy atom. The molecule has 3 aliphatic carbocycles. The van der Waals surface area contributed by atoms with Gasteiger partial charge in [0.1, 0.15) is 0 Å². The third-order valence-corrected chi connectivity index (χ3v) is 6.77. The minimum atomic E-state index is 0.0916. The summed E-state index contributed by atoms with van der Waals surface area (Å²) < 4.78 is 0.905. The van der Waals surface area contributed by atoms with Crippen LogP contribution in [0.2, 0.25) is 0 Å². The topological polar surface area (TPSA) is 29.1 Å². The molecule has 1 aromatic rings. The number of carbonyl (C=O) groups is 1. The molecule has 0 aromatic heterocycles. The molecule has 112 valence electrons. The van der Waals surface area contributed by atoms with E-state index in [9.17, 15) is 4.79 Å². The van der Waals surface area contributed by atoms with Gasteiger partial charge in [-0.3, -0.25) is 4.79 Å². The van der Waals surface area contributed by atoms with E-state index >= 15 is 0 Å². The number of aryl methyl sites for hydroxylation is 1. The van der Waals surface area contributed by atoms with Crippen molar-refractivity contribution in [1.29, 1.82) is 0 Å². The van der Waals surface area contributed by atoms with Crippen molar-refractivity contribution < 1.29 is 4.79 Å². The fraction of sp³-hybridized carbons (Fsp3) is 0.611. The molecule has 0 heterocycles. The second-order valence-electron chi connectivity index (χ2n) is 7.22. The van der Waals surface area contributed by atoms with E-state index in [1.54, 1.807) is 0 Å². The fourth-order valence-electron chi connectivity index (χ4n) is 5.28. The highest BCUT2D eigenvalue weighted by Gasteiger charge is 2.54. The summed E-state index contributed by atoms with van der Waals surface area (Å²) in [6.07, 6.45) is 6.81. The minimum Gasteiger partial charge on any atom is -0.349 e. The first-order valence-electron chi connectivity index (χ1n) is 8.20. The molecule has 1 aromatic carbocycles. The average Bonchev–Trinajstić information content (AvgIpc) is 3.09. The van der Waals surface area contributed by atoms with Crippen LogP contribution in [0.4, 0.5) is 0 Å². The number of nitrogens with one attached hydrogen (secondary N) is 1. The molecule has 3 heteroatoms. The van der Waals surface area contributed by atoms with Crippen LogP contribution in [0.5, 0.6) is 0 Å². The van der Waals surface area contributed by atoms with Gasteiger partial charge < -0.3 is 5.32 Å². The highest BCUT2D eigenvalue weighted by molar-refractivity contribution is 9.10. The molecule has 3 fully saturated rings. The second kappa shape index (κ2) is 5.12. The molecule has 3 saturated carbocycles. The predicted molar refractivity (Wildman–Crippen MR) is 87.2 cm³/mol. The summed E-state index contributed by atoms with van der Waals surface area (Å²) in [7, 11) is 0. The summed E-state index contributed by atoms with van der Waals surface area (Å²) in [5, 5.41) is 3.33. The van der Waals surface area contributed by atoms with Gasteiger partial charge >= 0.3 is 0 Å². The maximum atomic E-state index is 12.6. The first-order chi connectivity index (χ1) is 10.1. The molecule has 1 amide bonds. The lowest BCUT2D eigenvalue weighted by Gasteiger charge is -2.32. The highest BCUT2D eigenvalue weighted by Crippen LogP contribution is 2.58. The number of carbonyl (C=O) groups excluding carboxylic acids is 1. The standard InChI is InChI=1S/C18H22BrNO/c1-10-5-6-14(16(19)7-10)18(21)20-17-9-11-8-15(17)13-4-2-3-12(11)13/h5-7,11-13,15,17H,2-4,8-9H2,1H3,(H,20,21). The molecule has 5 atom stereocenters. The van der Waals surface area contributed by atoms with Gasteiger partial charge in [0, 0.05) is 10.5 Å². The molecule has 2 bridgehead atoms. The van der Waals surface area contributed by atoms with Gasteiger partial charge in [0.2, 0.25) is 0 Å². The smallest absolute Gasteiger partial charge is 0.252 e. The Balaban J connectivity index is 1.48. The Hall–Kier alpha value is -0.830. The fourth-order valence-corrected chi connectivity index (χ4v) is 5.96. The van der Waals surface area contributed by atoms with E-state index in [1.807, 2.05) is 25.1 Å². The summed E-state index contributed by atoms with van der Waals surface area (Å²) in [6, 6.07) is 6.37. The van der Waals surface area contributed by atoms with Gasteiger partial charge in [-0.2, -0.15) is 0 Å². The summed E-state index contributed by atoms with van der Waals surface area (Å²) >= 11 is 3.52. The van der Waals surface area contributed by atoms with Gasteiger partial charge in [0.25, 0.3) is 5.91 Å². The molecule has 0 aliphatic heterocycles. The van der Waals surface area contributed by atoms with Crippen LogP contribution in [0.15, 0.2) is 22.7 Å². The largest absolute Gasteiger partial charge is 0.349 e. The lowest BCUT2D eigenvalue weighted by Crippen LogP contribution is -2.42. The zero-order chi connectivity index (χ0) is 14.6. The van der Waals surface area contributed by atoms with Gasteiger partial charge in [0.15, 0.2) is 0 Å². The van der Waals surface area contributed by atoms with Crippen LogP contribution in [0.3, 0.4) is 0 Å². The van der Waals surface area contributed by atoms with Crippen LogP contribution in [-0.2, 0) is 0 Å². The molecule has 4 rings (SSSR count). The number of hydrogen-bond acceptors (Lipinski definition) is 1. The Bertz CT molecular complexity index is 585. The van der Waals surface area contributed by atoms with Crippen molar-refractivity contribution in [3.05, 3.63) is 33.8 Å². The molecule has 3 aliphatic rings. The van der Waals surface area contributed by atoms with E-state index in [0.29, 0.717) is 6.04 Å². The average molecular weight is 348 g/mol. The Morgan fingerprint density at radius 1 is 1.19 bits per heavy atom. The summed E-state index contributed by atoms with van der Waals surface area (Å²) in [6.45, 7) is 2.04. The van der Waals surface area contributed by atoms with Gasteiger partial charge in [-0.15, -0.1) is 0 Å². The summed E-state index contributed by atoms with van der Waals surface area (Å²) in [5.41, 5.74) is 1.94. The zero-order valence-corrected chi connectivity index (χ0v) is 14.0. The van der Waals surface area contributed by atoms with Gasteiger partial charge in [-0.05, 0) is 89.9 Å². The van der Waals surface area contributed by atoms with E-state index < -0.39 is 0 Å². The lowest BCUT2D eigenvalue weighted by molar-refractivity contribution is 0.0900. The van der Waals surface area contributed by atoms with Gasteiger partial charge in [-0.25, -0.2) is 0 Å². The van der Waals surface area contributed by atoms with Crippen molar-refractivity contribution in [2.75, 3.05) is 0 Å². The second-order valence-corrected chi connectivity index (χ2v) is 8.07. The van der Waals surface area contributed by atoms with Crippen molar-refractivity contribution in [1.82, 2.24) is 5.32 Å². The number of rotatable bonds is 2. The van der Waals surface area contributed by atoms with Crippen molar-refractivity contribution in [2.24, 2.45) is 23.7 Å². The number of fused-ring (bicyclic) bond motifs is 5. The van der Waals surface area contributed by atoms with E-state index in [2.05, 4.69) is 21.2 Å². The van der Waals surface area contributed by atoms with Crippen LogP contribution in [0, 0.1) is 30.6 Å². The molecule has 1 N–H and O–H groups in total. The molecule has 5 unspecified atom stereocenters. The Kier molecular flexibility index (Phi) is 3.36. The van der Waals surface area contributed by atoms with Crippen molar-refractivity contribution in [3.63, 3.8) is 0 Å². The predicted octanol–water partition coefficient (Wildman–Crippen LogP) is 4.31. The number of amides is 1. The van der Waals surface area contributed by atoms with Crippen molar-refractivity contribution in [2.45, 2.75) is 45.1 Å². The van der Waals surface area contributed by atoms with Crippen molar-refractivity contribution in [3.8, 4) is 0 Å². The maximum Gasteiger partial charge on any atom is 0.252 e. The molecular weight excluding hydrogens is 326 g/mol. The van der Waals surface area contributed by atoms with Gasteiger partial charge in [-0.1, -0.05) is 12.5 Å². The van der Waals surface area contributed by atoms with Crippen LogP contribution in [-0.4, -0.2) is 11.9 Å². The molecule has 2 nitrogen and oxygen atoms in total. The maximum absolute atomic E-state index is 12.6. The monoisotopic (exact) mass is 347 g/mol. The Morgan fingerprint density at radius 2 is 2.00 bits per heavy atom. The first kappa shape index (κ1) is 13.8. The van der Waals surface area contributed by atoms with Crippen LogP contribution >= 0.6 is 15.9 Å². The highest BCUT2D eigenvalue weighted by atomic mass is 79.9. The molecule has 0 radical (unpaired) electrons. The number of benzene rings is 1. The molecule has 21 heavy (non-hydrogen) atoms. The summed E-state index contributed by atoms with van der Waals surface area (Å²) in [4.78, 5) is 12.6. The first-order valence-corrected chi connectivity index (χ1v) is 9.00. The van der Waals surface area contributed by atoms with E-state index in [-0.39, 0.29) is 5.91 Å². The number of hydrogen-bond donors (Lipinski definition) is 1. The normalized spacial score (nSPS) is 36.8. The van der Waals surface area contributed by atoms with Gasteiger partial charge in [0.05, 0.1) is 5.56 Å². The molecular formula is C18H22BrNO. The SMILES string of the molecule is Cc1ccc(C(=O)NC2CC3CC2C2CCCC32)c(Br)c1.